The van der Waals surface area contributed by atoms with Gasteiger partial charge in [0.25, 0.3) is 0 Å². The Morgan fingerprint density at radius 3 is 0.987 bits per heavy atom. The topological polar surface area (TPSA) is 565 Å². The summed E-state index contributed by atoms with van der Waals surface area (Å²) in [7, 11) is 0. The molecule has 7 aliphatic rings. The van der Waals surface area contributed by atoms with Gasteiger partial charge in [0.2, 0.25) is 0 Å². The molecule has 0 unspecified atom stereocenters. The molecule has 0 aromatic heterocycles. The quantitative estimate of drug-likeness (QED) is 0.0606. The normalized spacial score (nSPS) is 53.6. The predicted molar refractivity (Wildman–Crippen MR) is 226 cm³/mol. The maximum atomic E-state index is 11.5. The van der Waals surface area contributed by atoms with Crippen molar-refractivity contribution in [3.8, 4) is 0 Å². The third kappa shape index (κ3) is 13.2. The third-order valence-corrected chi connectivity index (χ3v) is 14.1. The summed E-state index contributed by atoms with van der Waals surface area (Å²) in [6, 6.07) is 0. The molecule has 0 saturated carbocycles. The molecule has 76 heavy (non-hydrogen) atoms. The van der Waals surface area contributed by atoms with Crippen molar-refractivity contribution in [3.63, 3.8) is 0 Å². The molecular formula is C41H70O35. The van der Waals surface area contributed by atoms with Gasteiger partial charge < -0.3 is 174 Å². The Morgan fingerprint density at radius 2 is 0.579 bits per heavy atom. The first kappa shape index (κ1) is 62.2. The van der Waals surface area contributed by atoms with E-state index in [1.54, 1.807) is 0 Å². The molecule has 0 bridgehead atoms. The summed E-state index contributed by atoms with van der Waals surface area (Å²) in [5, 5.41) is 232. The van der Waals surface area contributed by atoms with Gasteiger partial charge in [-0.2, -0.15) is 0 Å². The molecular weight excluding hydrogens is 1050 g/mol. The SMILES string of the molecule is OC[C@H]1O[C@@H](O[C@@H]2[C@@H](O)[C@H](OC[C@H]3O[C@@H](O)[C@H](O)[C@@H](O)[C@@H]3O)O[C@H](CO[C@@H]3O[C@H](CO[C@@H]4O[C@H](CO[C@@H]5OC[C@@H](O)[C@H](O)[C@H]5O)[C@@H](O)[C@H](O[C@@H]5O[C@H](CO)[C@@H](O)[C@H](O)[C@H]5O)[C@H]4O)[C@@H](O)[C@H](O)[C@H]3O)[C@H]2O)[C@H](O)[C@@H](O)[C@@H]1O. The van der Waals surface area contributed by atoms with Gasteiger partial charge >= 0.3 is 0 Å². The van der Waals surface area contributed by atoms with E-state index in [2.05, 4.69) is 0 Å². The van der Waals surface area contributed by atoms with Crippen LogP contribution in [0.4, 0.5) is 0 Å². The zero-order chi connectivity index (χ0) is 55.8. The van der Waals surface area contributed by atoms with E-state index in [1.165, 1.54) is 0 Å². The lowest BCUT2D eigenvalue weighted by molar-refractivity contribution is -0.374. The first-order valence-electron chi connectivity index (χ1n) is 24.0. The van der Waals surface area contributed by atoms with E-state index in [-0.39, 0.29) is 0 Å². The number of hydrogen-bond donors (Lipinski definition) is 22. The number of hydrogen-bond acceptors (Lipinski definition) is 35. The van der Waals surface area contributed by atoms with Crippen LogP contribution in [0.5, 0.6) is 0 Å². The minimum Gasteiger partial charge on any atom is -0.394 e. The molecule has 7 fully saturated rings. The Hall–Kier alpha value is -1.40. The fraction of sp³-hybridized carbons (Fsp3) is 1.00. The summed E-state index contributed by atoms with van der Waals surface area (Å²) < 4.78 is 72.1. The second-order valence-electron chi connectivity index (χ2n) is 19.3. The second-order valence-corrected chi connectivity index (χ2v) is 19.3. The van der Waals surface area contributed by atoms with Gasteiger partial charge in [0.15, 0.2) is 44.0 Å². The van der Waals surface area contributed by atoms with E-state index in [1.807, 2.05) is 0 Å². The van der Waals surface area contributed by atoms with E-state index in [9.17, 15) is 112 Å². The molecule has 0 aromatic carbocycles. The zero-order valence-corrected chi connectivity index (χ0v) is 39.7. The van der Waals surface area contributed by atoms with Crippen LogP contribution in [0.25, 0.3) is 0 Å². The summed E-state index contributed by atoms with van der Waals surface area (Å²) in [6.07, 6.45) is -64.6. The van der Waals surface area contributed by atoms with E-state index in [0.717, 1.165) is 0 Å². The van der Waals surface area contributed by atoms with Crippen molar-refractivity contribution in [2.24, 2.45) is 0 Å². The molecule has 34 atom stereocenters. The van der Waals surface area contributed by atoms with E-state index in [0.29, 0.717) is 0 Å². The van der Waals surface area contributed by atoms with Crippen molar-refractivity contribution >= 4 is 0 Å². The lowest BCUT2D eigenvalue weighted by atomic mass is 9.96. The first-order chi connectivity index (χ1) is 35.9. The fourth-order valence-corrected chi connectivity index (χ4v) is 9.29. The van der Waals surface area contributed by atoms with Crippen LogP contribution < -0.4 is 0 Å². The van der Waals surface area contributed by atoms with Crippen LogP contribution in [-0.2, 0) is 61.6 Å². The summed E-state index contributed by atoms with van der Waals surface area (Å²) in [4.78, 5) is 0. The largest absolute Gasteiger partial charge is 0.394 e. The first-order valence-corrected chi connectivity index (χ1v) is 24.0. The summed E-state index contributed by atoms with van der Waals surface area (Å²) in [6.45, 7) is -5.74. The Kier molecular flexibility index (Phi) is 21.8. The molecule has 0 spiro atoms. The van der Waals surface area contributed by atoms with Gasteiger partial charge in [-0.1, -0.05) is 0 Å². The van der Waals surface area contributed by atoms with Crippen molar-refractivity contribution in [1.82, 2.24) is 0 Å². The van der Waals surface area contributed by atoms with Crippen LogP contribution in [0.3, 0.4) is 0 Å². The number of ether oxygens (including phenoxy) is 13. The minimum absolute atomic E-state index is 0.500. The van der Waals surface area contributed by atoms with Crippen LogP contribution in [0.1, 0.15) is 0 Å². The van der Waals surface area contributed by atoms with Gasteiger partial charge in [-0.25, -0.2) is 0 Å². The zero-order valence-electron chi connectivity index (χ0n) is 39.7. The van der Waals surface area contributed by atoms with E-state index >= 15 is 0 Å². The second kappa shape index (κ2) is 26.7. The molecule has 444 valence electrons. The van der Waals surface area contributed by atoms with Crippen molar-refractivity contribution in [1.29, 1.82) is 0 Å². The van der Waals surface area contributed by atoms with E-state index in [4.69, 9.17) is 61.6 Å². The molecule has 35 nitrogen and oxygen atoms in total. The lowest BCUT2D eigenvalue weighted by Gasteiger charge is -2.47. The number of aliphatic hydroxyl groups is 22. The molecule has 7 heterocycles. The summed E-state index contributed by atoms with van der Waals surface area (Å²) in [5.74, 6) is 0. The summed E-state index contributed by atoms with van der Waals surface area (Å²) in [5.41, 5.74) is 0. The number of aliphatic hydroxyl groups excluding tert-OH is 22. The molecule has 35 heteroatoms. The Labute approximate surface area is 428 Å². The van der Waals surface area contributed by atoms with Crippen LogP contribution in [0, 0.1) is 0 Å². The third-order valence-electron chi connectivity index (χ3n) is 14.1. The molecule has 0 aromatic rings. The van der Waals surface area contributed by atoms with Crippen LogP contribution in [0.15, 0.2) is 0 Å². The fourth-order valence-electron chi connectivity index (χ4n) is 9.29. The highest BCUT2D eigenvalue weighted by Crippen LogP contribution is 2.34. The van der Waals surface area contributed by atoms with E-state index < -0.39 is 255 Å². The maximum Gasteiger partial charge on any atom is 0.187 e. The summed E-state index contributed by atoms with van der Waals surface area (Å²) >= 11 is 0. The van der Waals surface area contributed by atoms with Gasteiger partial charge in [0.1, 0.15) is 165 Å². The molecule has 7 aliphatic heterocycles. The molecule has 0 radical (unpaired) electrons. The minimum atomic E-state index is -2.13. The molecule has 0 aliphatic carbocycles. The van der Waals surface area contributed by atoms with Crippen molar-refractivity contribution in [3.05, 3.63) is 0 Å². The molecule has 0 amide bonds. The average Bonchev–Trinajstić information content (AvgIpc) is 3.40. The van der Waals surface area contributed by atoms with Gasteiger partial charge in [-0.3, -0.25) is 0 Å². The van der Waals surface area contributed by atoms with Crippen molar-refractivity contribution < 1.29 is 174 Å². The van der Waals surface area contributed by atoms with Gasteiger partial charge in [-0.15, -0.1) is 0 Å². The Balaban J connectivity index is 1.05. The van der Waals surface area contributed by atoms with Gasteiger partial charge in [0.05, 0.1) is 46.2 Å². The van der Waals surface area contributed by atoms with Crippen LogP contribution >= 0.6 is 0 Å². The van der Waals surface area contributed by atoms with Crippen LogP contribution in [-0.4, -0.2) is 367 Å². The van der Waals surface area contributed by atoms with Crippen molar-refractivity contribution in [2.45, 2.75) is 209 Å². The Bertz CT molecular complexity index is 1760. The lowest BCUT2D eigenvalue weighted by Crippen LogP contribution is -2.66. The highest BCUT2D eigenvalue weighted by Gasteiger charge is 2.55. The number of rotatable bonds is 18. The highest BCUT2D eigenvalue weighted by molar-refractivity contribution is 4.98. The highest BCUT2D eigenvalue weighted by atomic mass is 16.8. The van der Waals surface area contributed by atoms with Crippen molar-refractivity contribution in [2.75, 3.05) is 46.2 Å². The molecule has 7 saturated heterocycles. The van der Waals surface area contributed by atoms with Crippen LogP contribution in [0.2, 0.25) is 0 Å². The van der Waals surface area contributed by atoms with Gasteiger partial charge in [0, 0.05) is 0 Å². The average molecular weight is 1120 g/mol. The van der Waals surface area contributed by atoms with Gasteiger partial charge in [-0.05, 0) is 0 Å². The maximum absolute atomic E-state index is 11.5. The molecule has 22 N–H and O–H groups in total. The molecule has 7 rings (SSSR count). The monoisotopic (exact) mass is 1120 g/mol. The Morgan fingerprint density at radius 1 is 0.276 bits per heavy atom. The smallest absolute Gasteiger partial charge is 0.187 e. The standard InChI is InChI=1S/C41H70O35/c42-1-9-16(46)23(53)29(59)40(70-9)75-33-20(50)13(6-65-36-27(57)15(45)8(44)3-64-36)73-39(32(33)62)68-5-12-19(49)25(55)28(58)37(72-12)66-7-14-21(51)34(76-41-30(60)24(54)17(47)10(2-43)71-41)31(61)38(74-14)67-4-11-18(48)22(52)26(56)35(63)69-11/h8-63H,1-7H2/t8-,9-,10-,11-,12-,13-,14-,15+,16-,17-,18-,19-,20-,21-,22+,23+,24+,25+,26-,27-,28-,29-,30-,31-,32-,33+,34+,35-,36+,37-,38-,39-,40+,41+/m1/s1. The predicted octanol–water partition coefficient (Wildman–Crippen LogP) is -15.6.